The number of rotatable bonds is 7. The largest absolute Gasteiger partial charge is 0.497 e. The number of nitrogens with zero attached hydrogens (tertiary/aromatic N) is 1. The van der Waals surface area contributed by atoms with Crippen molar-refractivity contribution in [1.82, 2.24) is 4.90 Å². The normalized spacial score (nSPS) is 20.1. The molecule has 1 atom stereocenters. The first-order chi connectivity index (χ1) is 13.6. The molecular formula is C21H30N2O5. The molecule has 3 rings (SSSR count). The van der Waals surface area contributed by atoms with Crippen molar-refractivity contribution in [1.29, 1.82) is 0 Å². The molecule has 2 fully saturated rings. The standard InChI is InChI=1S/C21H30N2O5/c1-26-16-6-7-17(19(14-16)27-2)22-20(24)8-5-15-9-11-23(12-10-15)21(25)18-4-3-13-28-18/h6-7,14-15,18H,3-5,8-13H2,1-2H3,(H,22,24). The van der Waals surface area contributed by atoms with E-state index in [9.17, 15) is 9.59 Å². The Morgan fingerprint density at radius 3 is 2.61 bits per heavy atom. The second-order valence-electron chi connectivity index (χ2n) is 7.42. The number of hydrogen-bond acceptors (Lipinski definition) is 5. The zero-order valence-corrected chi connectivity index (χ0v) is 16.7. The summed E-state index contributed by atoms with van der Waals surface area (Å²) in [4.78, 5) is 26.7. The van der Waals surface area contributed by atoms with Crippen LogP contribution in [0, 0.1) is 5.92 Å². The van der Waals surface area contributed by atoms with Gasteiger partial charge in [-0.25, -0.2) is 0 Å². The number of benzene rings is 1. The third-order valence-electron chi connectivity index (χ3n) is 5.59. The number of methoxy groups -OCH3 is 2. The van der Waals surface area contributed by atoms with E-state index < -0.39 is 0 Å². The fourth-order valence-electron chi connectivity index (χ4n) is 3.87. The summed E-state index contributed by atoms with van der Waals surface area (Å²) < 4.78 is 16.0. The van der Waals surface area contributed by atoms with Crippen LogP contribution < -0.4 is 14.8 Å². The van der Waals surface area contributed by atoms with Gasteiger partial charge in [0.15, 0.2) is 0 Å². The summed E-state index contributed by atoms with van der Waals surface area (Å²) in [5.41, 5.74) is 0.644. The number of ether oxygens (including phenoxy) is 3. The molecule has 2 saturated heterocycles. The van der Waals surface area contributed by atoms with Gasteiger partial charge < -0.3 is 24.4 Å². The number of carbonyl (C=O) groups excluding carboxylic acids is 2. The SMILES string of the molecule is COc1ccc(NC(=O)CCC2CCN(C(=O)C3CCCO3)CC2)c(OC)c1. The van der Waals surface area contributed by atoms with Crippen molar-refractivity contribution in [3.8, 4) is 11.5 Å². The van der Waals surface area contributed by atoms with Crippen molar-refractivity contribution in [2.24, 2.45) is 5.92 Å². The number of anilines is 1. The lowest BCUT2D eigenvalue weighted by Gasteiger charge is -2.33. The Morgan fingerprint density at radius 1 is 1.18 bits per heavy atom. The van der Waals surface area contributed by atoms with Gasteiger partial charge >= 0.3 is 0 Å². The Hall–Kier alpha value is -2.28. The third-order valence-corrected chi connectivity index (χ3v) is 5.59. The smallest absolute Gasteiger partial charge is 0.251 e. The topological polar surface area (TPSA) is 77.1 Å². The Morgan fingerprint density at radius 2 is 1.96 bits per heavy atom. The van der Waals surface area contributed by atoms with Crippen molar-refractivity contribution in [3.63, 3.8) is 0 Å². The van der Waals surface area contributed by atoms with Gasteiger partial charge in [-0.3, -0.25) is 9.59 Å². The lowest BCUT2D eigenvalue weighted by atomic mass is 9.91. The number of hydrogen-bond donors (Lipinski definition) is 1. The highest BCUT2D eigenvalue weighted by Gasteiger charge is 2.30. The van der Waals surface area contributed by atoms with Crippen LogP contribution in [0.2, 0.25) is 0 Å². The van der Waals surface area contributed by atoms with Crippen LogP contribution in [0.5, 0.6) is 11.5 Å². The molecule has 0 aliphatic carbocycles. The summed E-state index contributed by atoms with van der Waals surface area (Å²) in [7, 11) is 3.16. The predicted molar refractivity (Wildman–Crippen MR) is 106 cm³/mol. The Bertz CT molecular complexity index is 679. The van der Waals surface area contributed by atoms with Crippen molar-refractivity contribution in [2.75, 3.05) is 39.2 Å². The molecule has 2 heterocycles. The fourth-order valence-corrected chi connectivity index (χ4v) is 3.87. The minimum Gasteiger partial charge on any atom is -0.497 e. The molecule has 7 nitrogen and oxygen atoms in total. The quantitative estimate of drug-likeness (QED) is 0.775. The van der Waals surface area contributed by atoms with Gasteiger partial charge in [-0.15, -0.1) is 0 Å². The first kappa shape index (κ1) is 20.5. The molecule has 2 aliphatic rings. The van der Waals surface area contributed by atoms with Crippen LogP contribution in [0.15, 0.2) is 18.2 Å². The van der Waals surface area contributed by atoms with Gasteiger partial charge in [0, 0.05) is 32.2 Å². The Balaban J connectivity index is 1.41. The van der Waals surface area contributed by atoms with Crippen LogP contribution in [-0.4, -0.2) is 56.7 Å². The van der Waals surface area contributed by atoms with E-state index in [0.29, 0.717) is 36.1 Å². The summed E-state index contributed by atoms with van der Waals surface area (Å²) in [6.45, 7) is 2.22. The third kappa shape index (κ3) is 5.16. The van der Waals surface area contributed by atoms with Crippen LogP contribution in [0.1, 0.15) is 38.5 Å². The van der Waals surface area contributed by atoms with E-state index >= 15 is 0 Å². The zero-order chi connectivity index (χ0) is 19.9. The average molecular weight is 390 g/mol. The molecule has 0 radical (unpaired) electrons. The van der Waals surface area contributed by atoms with Gasteiger partial charge in [0.25, 0.3) is 5.91 Å². The molecule has 7 heteroatoms. The van der Waals surface area contributed by atoms with Gasteiger partial charge in [0.1, 0.15) is 17.6 Å². The Kier molecular flexibility index (Phi) is 7.14. The van der Waals surface area contributed by atoms with Crippen LogP contribution >= 0.6 is 0 Å². The maximum Gasteiger partial charge on any atom is 0.251 e. The summed E-state index contributed by atoms with van der Waals surface area (Å²) >= 11 is 0. The van der Waals surface area contributed by atoms with E-state index in [2.05, 4.69) is 5.32 Å². The molecule has 2 aliphatic heterocycles. The fraction of sp³-hybridized carbons (Fsp3) is 0.619. The number of nitrogens with one attached hydrogen (secondary N) is 1. The number of piperidine rings is 1. The summed E-state index contributed by atoms with van der Waals surface area (Å²) in [6.07, 6.45) is 4.75. The zero-order valence-electron chi connectivity index (χ0n) is 16.7. The van der Waals surface area contributed by atoms with E-state index in [1.54, 1.807) is 32.4 Å². The second kappa shape index (κ2) is 9.78. The lowest BCUT2D eigenvalue weighted by molar-refractivity contribution is -0.142. The molecule has 0 spiro atoms. The monoisotopic (exact) mass is 390 g/mol. The summed E-state index contributed by atoms with van der Waals surface area (Å²) in [5.74, 6) is 1.84. The summed E-state index contributed by atoms with van der Waals surface area (Å²) in [5, 5.41) is 2.92. The van der Waals surface area contributed by atoms with Crippen LogP contribution in [0.4, 0.5) is 5.69 Å². The number of likely N-dealkylation sites (tertiary alicyclic amines) is 1. The number of carbonyl (C=O) groups is 2. The van der Waals surface area contributed by atoms with E-state index in [1.165, 1.54) is 0 Å². The lowest BCUT2D eigenvalue weighted by Crippen LogP contribution is -2.43. The van der Waals surface area contributed by atoms with Crippen molar-refractivity contribution in [3.05, 3.63) is 18.2 Å². The van der Waals surface area contributed by atoms with Gasteiger partial charge in [-0.1, -0.05) is 0 Å². The van der Waals surface area contributed by atoms with Gasteiger partial charge in [-0.2, -0.15) is 0 Å². The molecule has 2 amide bonds. The highest BCUT2D eigenvalue weighted by Crippen LogP contribution is 2.30. The van der Waals surface area contributed by atoms with Gasteiger partial charge in [0.05, 0.1) is 19.9 Å². The van der Waals surface area contributed by atoms with Crippen LogP contribution in [0.3, 0.4) is 0 Å². The predicted octanol–water partition coefficient (Wildman–Crippen LogP) is 2.84. The van der Waals surface area contributed by atoms with Crippen LogP contribution in [-0.2, 0) is 14.3 Å². The van der Waals surface area contributed by atoms with E-state index in [4.69, 9.17) is 14.2 Å². The molecule has 0 aromatic heterocycles. The minimum atomic E-state index is -0.234. The van der Waals surface area contributed by atoms with E-state index in [-0.39, 0.29) is 17.9 Å². The van der Waals surface area contributed by atoms with E-state index in [0.717, 1.165) is 45.2 Å². The number of amides is 2. The molecular weight excluding hydrogens is 360 g/mol. The second-order valence-corrected chi connectivity index (χ2v) is 7.42. The first-order valence-electron chi connectivity index (χ1n) is 10.0. The minimum absolute atomic E-state index is 0.0265. The van der Waals surface area contributed by atoms with Gasteiger partial charge in [-0.05, 0) is 50.2 Å². The molecule has 1 aromatic rings. The maximum absolute atomic E-state index is 12.4. The maximum atomic E-state index is 12.4. The molecule has 1 N–H and O–H groups in total. The highest BCUT2D eigenvalue weighted by molar-refractivity contribution is 5.92. The molecule has 0 saturated carbocycles. The van der Waals surface area contributed by atoms with Gasteiger partial charge in [0.2, 0.25) is 5.91 Å². The molecule has 1 aromatic carbocycles. The van der Waals surface area contributed by atoms with Crippen LogP contribution in [0.25, 0.3) is 0 Å². The average Bonchev–Trinajstić information content (AvgIpc) is 3.27. The summed E-state index contributed by atoms with van der Waals surface area (Å²) in [6, 6.07) is 5.32. The molecule has 0 bridgehead atoms. The van der Waals surface area contributed by atoms with Crippen molar-refractivity contribution in [2.45, 2.75) is 44.6 Å². The molecule has 28 heavy (non-hydrogen) atoms. The van der Waals surface area contributed by atoms with E-state index in [1.807, 2.05) is 4.90 Å². The Labute approximate surface area is 166 Å². The molecule has 154 valence electrons. The molecule has 1 unspecified atom stereocenters. The van der Waals surface area contributed by atoms with Crippen molar-refractivity contribution >= 4 is 17.5 Å². The first-order valence-corrected chi connectivity index (χ1v) is 10.0. The van der Waals surface area contributed by atoms with Crippen molar-refractivity contribution < 1.29 is 23.8 Å². The highest BCUT2D eigenvalue weighted by atomic mass is 16.5.